The zero-order chi connectivity index (χ0) is 20.7. The van der Waals surface area contributed by atoms with Gasteiger partial charge < -0.3 is 14.5 Å². The van der Waals surface area contributed by atoms with E-state index in [2.05, 4.69) is 9.97 Å². The molecule has 0 aliphatic carbocycles. The molecule has 28 heavy (non-hydrogen) atoms. The van der Waals surface area contributed by atoms with Gasteiger partial charge in [-0.05, 0) is 44.4 Å². The zero-order valence-corrected chi connectivity index (χ0v) is 18.5. The van der Waals surface area contributed by atoms with Crippen LogP contribution >= 0.6 is 11.8 Å². The highest BCUT2D eigenvalue weighted by Gasteiger charge is 2.23. The zero-order valence-electron chi connectivity index (χ0n) is 17.7. The van der Waals surface area contributed by atoms with Gasteiger partial charge in [-0.2, -0.15) is 0 Å². The van der Waals surface area contributed by atoms with Gasteiger partial charge in [0.15, 0.2) is 5.16 Å². The predicted molar refractivity (Wildman–Crippen MR) is 111 cm³/mol. The molecule has 0 atom stereocenters. The van der Waals surface area contributed by atoms with Crippen molar-refractivity contribution in [1.29, 1.82) is 0 Å². The summed E-state index contributed by atoms with van der Waals surface area (Å²) in [4.78, 5) is 37.4. The molecular weight excluding hydrogens is 376 g/mol. The first-order valence-corrected chi connectivity index (χ1v) is 11.1. The van der Waals surface area contributed by atoms with Crippen molar-refractivity contribution in [3.05, 3.63) is 17.0 Å². The van der Waals surface area contributed by atoms with Gasteiger partial charge >= 0.3 is 6.09 Å². The molecule has 2 rings (SSSR count). The van der Waals surface area contributed by atoms with E-state index in [0.29, 0.717) is 51.5 Å². The van der Waals surface area contributed by atoms with Gasteiger partial charge in [0.25, 0.3) is 0 Å². The van der Waals surface area contributed by atoms with Crippen LogP contribution < -0.4 is 0 Å². The van der Waals surface area contributed by atoms with Crippen molar-refractivity contribution in [3.8, 4) is 0 Å². The Balaban J connectivity index is 1.87. The molecule has 0 unspecified atom stereocenters. The number of rotatable bonds is 6. The third-order valence-electron chi connectivity index (χ3n) is 4.82. The van der Waals surface area contributed by atoms with Crippen LogP contribution in [0.2, 0.25) is 0 Å². The third kappa shape index (κ3) is 6.36. The highest BCUT2D eigenvalue weighted by atomic mass is 32.2. The Morgan fingerprint density at radius 2 is 1.68 bits per heavy atom. The van der Waals surface area contributed by atoms with E-state index in [9.17, 15) is 9.59 Å². The van der Waals surface area contributed by atoms with Crippen molar-refractivity contribution in [2.45, 2.75) is 52.1 Å². The van der Waals surface area contributed by atoms with Crippen molar-refractivity contribution >= 4 is 23.8 Å². The third-order valence-corrected chi connectivity index (χ3v) is 5.37. The van der Waals surface area contributed by atoms with Gasteiger partial charge in [0, 0.05) is 44.0 Å². The minimum Gasteiger partial charge on any atom is -0.449 e. The molecule has 1 saturated heterocycles. The van der Waals surface area contributed by atoms with Crippen molar-refractivity contribution in [2.24, 2.45) is 5.92 Å². The predicted octanol–water partition coefficient (Wildman–Crippen LogP) is 3.07. The molecule has 156 valence electrons. The number of aromatic nitrogens is 2. The Morgan fingerprint density at radius 3 is 2.29 bits per heavy atom. The normalized spacial score (nSPS) is 14.9. The van der Waals surface area contributed by atoms with Crippen molar-refractivity contribution in [3.63, 3.8) is 0 Å². The second kappa shape index (κ2) is 10.6. The fourth-order valence-electron chi connectivity index (χ4n) is 3.23. The summed E-state index contributed by atoms with van der Waals surface area (Å²) >= 11 is 1.52. The minimum atomic E-state index is -0.278. The molecule has 2 amide bonds. The Hall–Kier alpha value is -1.83. The van der Waals surface area contributed by atoms with Crippen LogP contribution in [0.4, 0.5) is 4.79 Å². The first-order chi connectivity index (χ1) is 13.3. The number of hydrogen-bond donors (Lipinski definition) is 0. The number of thioether (sulfide) groups is 1. The van der Waals surface area contributed by atoms with E-state index in [0.717, 1.165) is 28.5 Å². The number of carbonyl (C=O) groups excluding carboxylic acids is 2. The Morgan fingerprint density at radius 1 is 1.07 bits per heavy atom. The first-order valence-electron chi connectivity index (χ1n) is 9.89. The summed E-state index contributed by atoms with van der Waals surface area (Å²) in [6.07, 6.45) is 3.52. The van der Waals surface area contributed by atoms with E-state index in [-0.39, 0.29) is 12.0 Å². The molecule has 8 heteroatoms. The molecule has 0 saturated carbocycles. The second-order valence-corrected chi connectivity index (χ2v) is 8.33. The van der Waals surface area contributed by atoms with Crippen LogP contribution in [0.3, 0.4) is 0 Å². The number of ether oxygens (including phenoxy) is 1. The summed E-state index contributed by atoms with van der Waals surface area (Å²) < 4.78 is 5.31. The molecule has 1 aliphatic rings. The van der Waals surface area contributed by atoms with Gasteiger partial charge in [-0.15, -0.1) is 0 Å². The van der Waals surface area contributed by atoms with Gasteiger partial charge in [-0.25, -0.2) is 14.8 Å². The van der Waals surface area contributed by atoms with E-state index in [4.69, 9.17) is 4.74 Å². The molecule has 1 fully saturated rings. The van der Waals surface area contributed by atoms with Gasteiger partial charge in [0.05, 0.1) is 6.61 Å². The van der Waals surface area contributed by atoms with Crippen LogP contribution in [-0.2, 0) is 16.0 Å². The monoisotopic (exact) mass is 408 g/mol. The lowest BCUT2D eigenvalue weighted by molar-refractivity contribution is -0.131. The van der Waals surface area contributed by atoms with Crippen LogP contribution in [0.5, 0.6) is 0 Å². The van der Waals surface area contributed by atoms with Crippen molar-refractivity contribution < 1.29 is 14.3 Å². The number of hydrogen-bond acceptors (Lipinski definition) is 6. The molecule has 1 aromatic heterocycles. The van der Waals surface area contributed by atoms with E-state index in [1.165, 1.54) is 11.8 Å². The molecule has 0 aromatic carbocycles. The smallest absolute Gasteiger partial charge is 0.409 e. The summed E-state index contributed by atoms with van der Waals surface area (Å²) in [7, 11) is 0. The standard InChI is InChI=1S/C20H32N4O3S/c1-14(2)13-27-20(26)24-10-6-9-23(11-12-24)18(25)8-7-17-15(3)21-19(28-5)22-16(17)4/h14H,6-13H2,1-5H3. The van der Waals surface area contributed by atoms with Crippen LogP contribution in [0, 0.1) is 19.8 Å². The van der Waals surface area contributed by atoms with Crippen LogP contribution in [0.25, 0.3) is 0 Å². The number of amides is 2. The summed E-state index contributed by atoms with van der Waals surface area (Å²) in [5.41, 5.74) is 2.94. The van der Waals surface area contributed by atoms with E-state index in [1.807, 2.05) is 38.9 Å². The van der Waals surface area contributed by atoms with Crippen molar-refractivity contribution in [2.75, 3.05) is 39.0 Å². The lowest BCUT2D eigenvalue weighted by Crippen LogP contribution is -2.38. The largest absolute Gasteiger partial charge is 0.449 e. The average molecular weight is 409 g/mol. The number of nitrogens with zero attached hydrogens (tertiary/aromatic N) is 4. The average Bonchev–Trinajstić information content (AvgIpc) is 2.91. The van der Waals surface area contributed by atoms with Gasteiger partial charge in [0.2, 0.25) is 5.91 Å². The quantitative estimate of drug-likeness (QED) is 0.532. The van der Waals surface area contributed by atoms with Crippen LogP contribution in [0.1, 0.15) is 43.6 Å². The van der Waals surface area contributed by atoms with Crippen LogP contribution in [-0.4, -0.2) is 70.8 Å². The molecule has 2 heterocycles. The lowest BCUT2D eigenvalue weighted by atomic mass is 10.1. The summed E-state index contributed by atoms with van der Waals surface area (Å²) in [5, 5.41) is 0.766. The molecule has 0 bridgehead atoms. The van der Waals surface area contributed by atoms with E-state index >= 15 is 0 Å². The Kier molecular flexibility index (Phi) is 8.54. The fourth-order valence-corrected chi connectivity index (χ4v) is 3.69. The second-order valence-electron chi connectivity index (χ2n) is 7.55. The van der Waals surface area contributed by atoms with Gasteiger partial charge in [-0.1, -0.05) is 25.6 Å². The summed E-state index contributed by atoms with van der Waals surface area (Å²) in [6.45, 7) is 10.8. The summed E-state index contributed by atoms with van der Waals surface area (Å²) in [5.74, 6) is 0.431. The topological polar surface area (TPSA) is 75.6 Å². The lowest BCUT2D eigenvalue weighted by Gasteiger charge is -2.22. The number of aryl methyl sites for hydroxylation is 2. The summed E-state index contributed by atoms with van der Waals surface area (Å²) in [6, 6.07) is 0. The fraction of sp³-hybridized carbons (Fsp3) is 0.700. The van der Waals surface area contributed by atoms with Gasteiger partial charge in [0.1, 0.15) is 0 Å². The minimum absolute atomic E-state index is 0.116. The maximum Gasteiger partial charge on any atom is 0.409 e. The van der Waals surface area contributed by atoms with Crippen molar-refractivity contribution in [1.82, 2.24) is 19.8 Å². The Bertz CT molecular complexity index is 673. The molecular formula is C20H32N4O3S. The molecule has 1 aliphatic heterocycles. The molecule has 0 N–H and O–H groups in total. The highest BCUT2D eigenvalue weighted by molar-refractivity contribution is 7.98. The molecule has 0 radical (unpaired) electrons. The van der Waals surface area contributed by atoms with E-state index < -0.39 is 0 Å². The SMILES string of the molecule is CSc1nc(C)c(CCC(=O)N2CCCN(C(=O)OCC(C)C)CC2)c(C)n1. The maximum atomic E-state index is 12.7. The Labute approximate surface area is 172 Å². The maximum absolute atomic E-state index is 12.7. The highest BCUT2D eigenvalue weighted by Crippen LogP contribution is 2.18. The molecule has 1 aromatic rings. The molecule has 0 spiro atoms. The van der Waals surface area contributed by atoms with Gasteiger partial charge in [-0.3, -0.25) is 4.79 Å². The first kappa shape index (κ1) is 22.5. The van der Waals surface area contributed by atoms with Crippen LogP contribution in [0.15, 0.2) is 5.16 Å². The van der Waals surface area contributed by atoms with E-state index in [1.54, 1.807) is 4.90 Å². The molecule has 7 nitrogen and oxygen atoms in total. The number of carbonyl (C=O) groups is 2.